The summed E-state index contributed by atoms with van der Waals surface area (Å²) in [5.74, 6) is 0.223. The van der Waals surface area contributed by atoms with Gasteiger partial charge in [-0.3, -0.25) is 0 Å². The molecule has 1 aliphatic rings. The van der Waals surface area contributed by atoms with Gasteiger partial charge in [-0.05, 0) is 24.6 Å². The highest BCUT2D eigenvalue weighted by Gasteiger charge is 2.38. The molecule has 2 aromatic rings. The van der Waals surface area contributed by atoms with Crippen LogP contribution in [0.5, 0.6) is 0 Å². The molecule has 0 bridgehead atoms. The normalized spacial score (nSPS) is 17.2. The molecule has 2 aromatic carbocycles. The molecular weight excluding hydrogens is 326 g/mol. The molecule has 0 N–H and O–H groups in total. The van der Waals surface area contributed by atoms with E-state index in [1.54, 1.807) is 30.3 Å². The standard InChI is InChI=1S/C18H19NO4S/c1-13-8-10-15(11-9-13)24(20,21)19-17(22-2)12-14-6-4-5-7-16(14)18(19)23-3/h4-12,18H,1-3H3. The van der Waals surface area contributed by atoms with E-state index in [0.717, 1.165) is 16.7 Å². The van der Waals surface area contributed by atoms with E-state index < -0.39 is 16.3 Å². The third-order valence-corrected chi connectivity index (χ3v) is 5.74. The first kappa shape index (κ1) is 16.5. The van der Waals surface area contributed by atoms with Crippen molar-refractivity contribution in [3.05, 3.63) is 71.1 Å². The molecule has 3 rings (SSSR count). The van der Waals surface area contributed by atoms with Crippen molar-refractivity contribution in [1.29, 1.82) is 0 Å². The van der Waals surface area contributed by atoms with E-state index in [1.807, 2.05) is 31.2 Å². The minimum atomic E-state index is -3.83. The van der Waals surface area contributed by atoms with Gasteiger partial charge >= 0.3 is 0 Å². The molecule has 0 amide bonds. The van der Waals surface area contributed by atoms with Crippen LogP contribution in [0.25, 0.3) is 6.08 Å². The molecule has 0 saturated carbocycles. The number of methoxy groups -OCH3 is 2. The predicted molar refractivity (Wildman–Crippen MR) is 91.4 cm³/mol. The van der Waals surface area contributed by atoms with Gasteiger partial charge in [-0.2, -0.15) is 0 Å². The van der Waals surface area contributed by atoms with Crippen LogP contribution in [0.3, 0.4) is 0 Å². The van der Waals surface area contributed by atoms with E-state index in [9.17, 15) is 8.42 Å². The maximum absolute atomic E-state index is 13.2. The van der Waals surface area contributed by atoms with E-state index in [4.69, 9.17) is 9.47 Å². The van der Waals surface area contributed by atoms with Crippen molar-refractivity contribution < 1.29 is 17.9 Å². The van der Waals surface area contributed by atoms with Crippen LogP contribution >= 0.6 is 0 Å². The monoisotopic (exact) mass is 345 g/mol. The number of ether oxygens (including phenoxy) is 2. The number of hydrogen-bond donors (Lipinski definition) is 0. The lowest BCUT2D eigenvalue weighted by molar-refractivity contribution is 0.000795. The van der Waals surface area contributed by atoms with Crippen LogP contribution in [0.2, 0.25) is 0 Å². The van der Waals surface area contributed by atoms with Crippen LogP contribution in [0, 0.1) is 6.92 Å². The molecular formula is C18H19NO4S. The lowest BCUT2D eigenvalue weighted by Gasteiger charge is -2.36. The zero-order chi connectivity index (χ0) is 17.3. The summed E-state index contributed by atoms with van der Waals surface area (Å²) in [6.07, 6.45) is 0.920. The summed E-state index contributed by atoms with van der Waals surface area (Å²) in [5.41, 5.74) is 2.64. The molecule has 0 aliphatic carbocycles. The first-order chi connectivity index (χ1) is 11.5. The van der Waals surface area contributed by atoms with E-state index in [2.05, 4.69) is 0 Å². The molecule has 0 spiro atoms. The summed E-state index contributed by atoms with van der Waals surface area (Å²) < 4.78 is 38.4. The smallest absolute Gasteiger partial charge is 0.269 e. The third-order valence-electron chi connectivity index (χ3n) is 3.98. The van der Waals surface area contributed by atoms with Gasteiger partial charge in [0.2, 0.25) is 5.88 Å². The first-order valence-corrected chi connectivity index (χ1v) is 8.91. The second kappa shape index (κ2) is 6.30. The largest absolute Gasteiger partial charge is 0.482 e. The number of rotatable bonds is 4. The summed E-state index contributed by atoms with van der Waals surface area (Å²) in [6.45, 7) is 1.91. The van der Waals surface area contributed by atoms with Gasteiger partial charge in [0.05, 0.1) is 12.0 Å². The fourth-order valence-electron chi connectivity index (χ4n) is 2.75. The fraction of sp³-hybridized carbons (Fsp3) is 0.222. The van der Waals surface area contributed by atoms with Gasteiger partial charge in [-0.15, -0.1) is 0 Å². The van der Waals surface area contributed by atoms with Crippen LogP contribution in [0.1, 0.15) is 22.9 Å². The lowest BCUT2D eigenvalue weighted by Crippen LogP contribution is -2.38. The summed E-state index contributed by atoms with van der Waals surface area (Å²) in [7, 11) is -0.897. The van der Waals surface area contributed by atoms with Gasteiger partial charge in [0.25, 0.3) is 10.0 Å². The summed E-state index contributed by atoms with van der Waals surface area (Å²) in [6, 6.07) is 14.2. The van der Waals surface area contributed by atoms with E-state index in [1.165, 1.54) is 18.5 Å². The number of fused-ring (bicyclic) bond motifs is 1. The fourth-order valence-corrected chi connectivity index (χ4v) is 4.27. The number of benzene rings is 2. The topological polar surface area (TPSA) is 55.8 Å². The van der Waals surface area contributed by atoms with Crippen molar-refractivity contribution in [2.24, 2.45) is 0 Å². The van der Waals surface area contributed by atoms with Crippen molar-refractivity contribution in [3.8, 4) is 0 Å². The Balaban J connectivity index is 2.16. The van der Waals surface area contributed by atoms with Gasteiger partial charge in [0, 0.05) is 18.7 Å². The average molecular weight is 345 g/mol. The van der Waals surface area contributed by atoms with Crippen LogP contribution in [-0.2, 0) is 19.5 Å². The summed E-state index contributed by atoms with van der Waals surface area (Å²) >= 11 is 0. The molecule has 5 nitrogen and oxygen atoms in total. The van der Waals surface area contributed by atoms with Crippen molar-refractivity contribution in [2.75, 3.05) is 14.2 Å². The molecule has 1 heterocycles. The van der Waals surface area contributed by atoms with E-state index in [0.29, 0.717) is 0 Å². The molecule has 1 unspecified atom stereocenters. The van der Waals surface area contributed by atoms with E-state index in [-0.39, 0.29) is 10.8 Å². The van der Waals surface area contributed by atoms with Gasteiger partial charge in [-0.1, -0.05) is 42.0 Å². The minimum Gasteiger partial charge on any atom is -0.482 e. The molecule has 1 atom stereocenters. The highest BCUT2D eigenvalue weighted by molar-refractivity contribution is 7.89. The number of sulfonamides is 1. The lowest BCUT2D eigenvalue weighted by atomic mass is 10.0. The molecule has 6 heteroatoms. The second-order valence-electron chi connectivity index (χ2n) is 5.52. The van der Waals surface area contributed by atoms with Gasteiger partial charge < -0.3 is 9.47 Å². The highest BCUT2D eigenvalue weighted by Crippen LogP contribution is 2.38. The van der Waals surface area contributed by atoms with Gasteiger partial charge in [0.15, 0.2) is 6.23 Å². The Kier molecular flexibility index (Phi) is 4.34. The minimum absolute atomic E-state index is 0.192. The molecule has 24 heavy (non-hydrogen) atoms. The van der Waals surface area contributed by atoms with Crippen molar-refractivity contribution in [1.82, 2.24) is 4.31 Å². The molecule has 0 radical (unpaired) electrons. The van der Waals surface area contributed by atoms with Gasteiger partial charge in [-0.25, -0.2) is 12.7 Å². The average Bonchev–Trinajstić information content (AvgIpc) is 2.60. The van der Waals surface area contributed by atoms with Crippen molar-refractivity contribution >= 4 is 16.1 Å². The number of hydrogen-bond acceptors (Lipinski definition) is 4. The molecule has 0 saturated heterocycles. The Bertz CT molecular complexity index is 872. The maximum atomic E-state index is 13.2. The first-order valence-electron chi connectivity index (χ1n) is 7.47. The molecule has 0 aromatic heterocycles. The predicted octanol–water partition coefficient (Wildman–Crippen LogP) is 3.29. The Morgan fingerprint density at radius 3 is 2.29 bits per heavy atom. The van der Waals surface area contributed by atoms with E-state index >= 15 is 0 Å². The highest BCUT2D eigenvalue weighted by atomic mass is 32.2. The molecule has 0 fully saturated rings. The van der Waals surface area contributed by atoms with Crippen LogP contribution in [0.4, 0.5) is 0 Å². The Hall–Kier alpha value is -2.31. The zero-order valence-electron chi connectivity index (χ0n) is 13.8. The summed E-state index contributed by atoms with van der Waals surface area (Å²) in [4.78, 5) is 0.192. The Labute approximate surface area is 142 Å². The second-order valence-corrected chi connectivity index (χ2v) is 7.33. The summed E-state index contributed by atoms with van der Waals surface area (Å²) in [5, 5.41) is 0. The SMILES string of the molecule is COC1=Cc2ccccc2C(OC)N1S(=O)(=O)c1ccc(C)cc1. The van der Waals surface area contributed by atoms with Crippen LogP contribution in [0.15, 0.2) is 59.3 Å². The number of nitrogens with zero attached hydrogens (tertiary/aromatic N) is 1. The number of aryl methyl sites for hydroxylation is 1. The van der Waals surface area contributed by atoms with Crippen molar-refractivity contribution in [3.63, 3.8) is 0 Å². The van der Waals surface area contributed by atoms with Gasteiger partial charge in [0.1, 0.15) is 0 Å². The zero-order valence-corrected chi connectivity index (χ0v) is 14.6. The third kappa shape index (κ3) is 2.68. The maximum Gasteiger partial charge on any atom is 0.269 e. The Morgan fingerprint density at radius 1 is 1.00 bits per heavy atom. The van der Waals surface area contributed by atoms with Crippen molar-refractivity contribution in [2.45, 2.75) is 18.0 Å². The molecule has 126 valence electrons. The molecule has 1 aliphatic heterocycles. The Morgan fingerprint density at radius 2 is 1.67 bits per heavy atom. The van der Waals surface area contributed by atoms with Crippen LogP contribution < -0.4 is 0 Å². The van der Waals surface area contributed by atoms with Crippen LogP contribution in [-0.4, -0.2) is 26.9 Å². The quantitative estimate of drug-likeness (QED) is 0.853.